The fourth-order valence-corrected chi connectivity index (χ4v) is 4.54. The standard InChI is InChI=1S/C25H27Cl2FN4O/c26-22-4-3-5-23(24(22)27)32-14-12-31(13-15-32)11-2-1-10-30-25(33)21-17-29-16-20(21)18-6-8-19(28)9-7-18/h3-9,16-17,29H,1-2,10-15H2,(H,30,33). The van der Waals surface area contributed by atoms with Crippen LogP contribution in [-0.2, 0) is 0 Å². The molecule has 1 saturated heterocycles. The molecule has 0 aliphatic carbocycles. The van der Waals surface area contributed by atoms with E-state index in [0.29, 0.717) is 22.2 Å². The van der Waals surface area contributed by atoms with Gasteiger partial charge in [0.2, 0.25) is 0 Å². The van der Waals surface area contributed by atoms with Crippen molar-refractivity contribution in [2.45, 2.75) is 12.8 Å². The quantitative estimate of drug-likeness (QED) is 0.414. The van der Waals surface area contributed by atoms with E-state index in [9.17, 15) is 9.18 Å². The fourth-order valence-electron chi connectivity index (χ4n) is 4.13. The van der Waals surface area contributed by atoms with Crippen LogP contribution in [-0.4, -0.2) is 55.1 Å². The molecule has 1 fully saturated rings. The molecule has 4 rings (SSSR count). The number of H-pyrrole nitrogens is 1. The van der Waals surface area contributed by atoms with Crippen LogP contribution in [0.15, 0.2) is 54.9 Å². The second-order valence-corrected chi connectivity index (χ2v) is 8.94. The lowest BCUT2D eigenvalue weighted by Crippen LogP contribution is -2.46. The average Bonchev–Trinajstić information content (AvgIpc) is 3.32. The summed E-state index contributed by atoms with van der Waals surface area (Å²) >= 11 is 12.5. The lowest BCUT2D eigenvalue weighted by molar-refractivity contribution is 0.0953. The summed E-state index contributed by atoms with van der Waals surface area (Å²) in [6, 6.07) is 11.9. The van der Waals surface area contributed by atoms with E-state index < -0.39 is 0 Å². The van der Waals surface area contributed by atoms with Gasteiger partial charge < -0.3 is 15.2 Å². The molecule has 2 N–H and O–H groups in total. The number of rotatable bonds is 8. The van der Waals surface area contributed by atoms with Crippen LogP contribution in [0.3, 0.4) is 0 Å². The number of piperazine rings is 1. The van der Waals surface area contributed by atoms with Gasteiger partial charge in [0.15, 0.2) is 0 Å². The second kappa shape index (κ2) is 11.1. The molecule has 0 radical (unpaired) electrons. The third-order valence-electron chi connectivity index (χ3n) is 5.98. The van der Waals surface area contributed by atoms with E-state index in [4.69, 9.17) is 23.2 Å². The molecular formula is C25H27Cl2FN4O. The zero-order valence-electron chi connectivity index (χ0n) is 18.3. The summed E-state index contributed by atoms with van der Waals surface area (Å²) in [7, 11) is 0. The first-order valence-electron chi connectivity index (χ1n) is 11.1. The molecule has 2 aromatic carbocycles. The molecule has 3 aromatic rings. The van der Waals surface area contributed by atoms with Gasteiger partial charge in [-0.15, -0.1) is 0 Å². The molecule has 1 aromatic heterocycles. The predicted octanol–water partition coefficient (Wildman–Crippen LogP) is 5.46. The highest BCUT2D eigenvalue weighted by Crippen LogP contribution is 2.32. The summed E-state index contributed by atoms with van der Waals surface area (Å²) < 4.78 is 13.2. The first-order valence-corrected chi connectivity index (χ1v) is 11.9. The van der Waals surface area contributed by atoms with Gasteiger partial charge in [-0.3, -0.25) is 9.69 Å². The van der Waals surface area contributed by atoms with Crippen molar-refractivity contribution in [3.63, 3.8) is 0 Å². The maximum absolute atomic E-state index is 13.2. The van der Waals surface area contributed by atoms with E-state index in [1.165, 1.54) is 12.1 Å². The molecule has 0 spiro atoms. The van der Waals surface area contributed by atoms with Crippen molar-refractivity contribution in [1.82, 2.24) is 15.2 Å². The van der Waals surface area contributed by atoms with Crippen LogP contribution in [0, 0.1) is 5.82 Å². The largest absolute Gasteiger partial charge is 0.368 e. The second-order valence-electron chi connectivity index (χ2n) is 8.15. The Morgan fingerprint density at radius 3 is 2.52 bits per heavy atom. The molecule has 1 aliphatic heterocycles. The van der Waals surface area contributed by atoms with Crippen molar-refractivity contribution < 1.29 is 9.18 Å². The Morgan fingerprint density at radius 2 is 1.76 bits per heavy atom. The molecule has 33 heavy (non-hydrogen) atoms. The number of carbonyl (C=O) groups is 1. The van der Waals surface area contributed by atoms with Gasteiger partial charge in [0.25, 0.3) is 5.91 Å². The number of hydrogen-bond acceptors (Lipinski definition) is 3. The number of aromatic amines is 1. The summed E-state index contributed by atoms with van der Waals surface area (Å²) in [6.07, 6.45) is 5.36. The number of nitrogens with one attached hydrogen (secondary N) is 2. The minimum absolute atomic E-state index is 0.123. The van der Waals surface area contributed by atoms with Crippen molar-refractivity contribution >= 4 is 34.8 Å². The van der Waals surface area contributed by atoms with E-state index in [-0.39, 0.29) is 11.7 Å². The Bertz CT molecular complexity index is 1080. The molecule has 0 saturated carbocycles. The maximum atomic E-state index is 13.2. The smallest absolute Gasteiger partial charge is 0.253 e. The molecule has 0 atom stereocenters. The van der Waals surface area contributed by atoms with Crippen LogP contribution in [0.25, 0.3) is 11.1 Å². The minimum atomic E-state index is -0.296. The number of halogens is 3. The number of hydrogen-bond donors (Lipinski definition) is 2. The maximum Gasteiger partial charge on any atom is 0.253 e. The molecule has 174 valence electrons. The van der Waals surface area contributed by atoms with Crippen molar-refractivity contribution in [3.05, 3.63) is 76.3 Å². The predicted molar refractivity (Wildman–Crippen MR) is 133 cm³/mol. The molecular weight excluding hydrogens is 462 g/mol. The van der Waals surface area contributed by atoms with E-state index >= 15 is 0 Å². The highest BCUT2D eigenvalue weighted by molar-refractivity contribution is 6.43. The minimum Gasteiger partial charge on any atom is -0.368 e. The highest BCUT2D eigenvalue weighted by atomic mass is 35.5. The normalized spacial score (nSPS) is 14.5. The van der Waals surface area contributed by atoms with E-state index in [0.717, 1.165) is 62.4 Å². The van der Waals surface area contributed by atoms with Crippen LogP contribution in [0.2, 0.25) is 10.0 Å². The third kappa shape index (κ3) is 5.88. The number of benzene rings is 2. The Morgan fingerprint density at radius 1 is 1.00 bits per heavy atom. The van der Waals surface area contributed by atoms with Gasteiger partial charge in [-0.2, -0.15) is 0 Å². The van der Waals surface area contributed by atoms with Gasteiger partial charge in [0.05, 0.1) is 21.3 Å². The van der Waals surface area contributed by atoms with Crippen molar-refractivity contribution in [3.8, 4) is 11.1 Å². The number of unbranched alkanes of at least 4 members (excludes halogenated alkanes) is 1. The Hall–Kier alpha value is -2.54. The van der Waals surface area contributed by atoms with Crippen LogP contribution < -0.4 is 10.2 Å². The van der Waals surface area contributed by atoms with E-state index in [1.807, 2.05) is 18.2 Å². The summed E-state index contributed by atoms with van der Waals surface area (Å²) in [5, 5.41) is 4.20. The SMILES string of the molecule is O=C(NCCCCN1CCN(c2cccc(Cl)c2Cl)CC1)c1c[nH]cc1-c1ccc(F)cc1. The van der Waals surface area contributed by atoms with Gasteiger partial charge in [-0.25, -0.2) is 4.39 Å². The lowest BCUT2D eigenvalue weighted by Gasteiger charge is -2.36. The number of carbonyl (C=O) groups excluding carboxylic acids is 1. The molecule has 1 aliphatic rings. The van der Waals surface area contributed by atoms with E-state index in [2.05, 4.69) is 20.1 Å². The zero-order chi connectivity index (χ0) is 23.2. The highest BCUT2D eigenvalue weighted by Gasteiger charge is 2.19. The number of anilines is 1. The van der Waals surface area contributed by atoms with Gasteiger partial charge in [-0.1, -0.05) is 41.4 Å². The van der Waals surface area contributed by atoms with Crippen molar-refractivity contribution in [1.29, 1.82) is 0 Å². The molecule has 0 unspecified atom stereocenters. The summed E-state index contributed by atoms with van der Waals surface area (Å²) in [4.78, 5) is 20.3. The summed E-state index contributed by atoms with van der Waals surface area (Å²) in [6.45, 7) is 5.38. The van der Waals surface area contributed by atoms with Crippen molar-refractivity contribution in [2.75, 3.05) is 44.2 Å². The lowest BCUT2D eigenvalue weighted by atomic mass is 10.0. The molecule has 0 bridgehead atoms. The van der Waals surface area contributed by atoms with Gasteiger partial charge in [0, 0.05) is 50.7 Å². The number of amides is 1. The Labute approximate surface area is 203 Å². The molecule has 1 amide bonds. The van der Waals surface area contributed by atoms with Gasteiger partial charge in [0.1, 0.15) is 5.82 Å². The van der Waals surface area contributed by atoms with Crippen LogP contribution in [0.5, 0.6) is 0 Å². The number of aromatic nitrogens is 1. The first kappa shape index (κ1) is 23.6. The fraction of sp³-hybridized carbons (Fsp3) is 0.320. The molecule has 8 heteroatoms. The van der Waals surface area contributed by atoms with Crippen LogP contribution in [0.1, 0.15) is 23.2 Å². The molecule has 5 nitrogen and oxygen atoms in total. The molecule has 2 heterocycles. The zero-order valence-corrected chi connectivity index (χ0v) is 19.8. The Kier molecular flexibility index (Phi) is 7.91. The summed E-state index contributed by atoms with van der Waals surface area (Å²) in [5.41, 5.74) is 3.14. The average molecular weight is 489 g/mol. The number of nitrogens with zero attached hydrogens (tertiary/aromatic N) is 2. The van der Waals surface area contributed by atoms with Gasteiger partial charge in [-0.05, 0) is 49.2 Å². The van der Waals surface area contributed by atoms with Gasteiger partial charge >= 0.3 is 0 Å². The van der Waals surface area contributed by atoms with Crippen molar-refractivity contribution in [2.24, 2.45) is 0 Å². The Balaban J connectivity index is 1.18. The monoisotopic (exact) mass is 488 g/mol. The van der Waals surface area contributed by atoms with E-state index in [1.54, 1.807) is 24.5 Å². The van der Waals surface area contributed by atoms with Crippen LogP contribution >= 0.6 is 23.2 Å². The topological polar surface area (TPSA) is 51.4 Å². The first-order chi connectivity index (χ1) is 16.0. The summed E-state index contributed by atoms with van der Waals surface area (Å²) in [5.74, 6) is -0.419. The third-order valence-corrected chi connectivity index (χ3v) is 6.79. The van der Waals surface area contributed by atoms with Crippen LogP contribution in [0.4, 0.5) is 10.1 Å².